The molecule has 1 aromatic carbocycles. The summed E-state index contributed by atoms with van der Waals surface area (Å²) in [6.07, 6.45) is 0. The molecule has 0 unspecified atom stereocenters. The second-order valence-corrected chi connectivity index (χ2v) is 5.97. The quantitative estimate of drug-likeness (QED) is 0.843. The third kappa shape index (κ3) is 3.31. The van der Waals surface area contributed by atoms with E-state index in [0.29, 0.717) is 17.3 Å². The Hall–Kier alpha value is -1.44. The second-order valence-electron chi connectivity index (χ2n) is 4.73. The highest BCUT2D eigenvalue weighted by Gasteiger charge is 2.28. The molecule has 1 aromatic heterocycles. The van der Waals surface area contributed by atoms with E-state index in [9.17, 15) is 4.79 Å². The molecular weight excluding hydrogens is 357 g/mol. The molecule has 1 heterocycles. The lowest BCUT2D eigenvalue weighted by Gasteiger charge is -2.22. The van der Waals surface area contributed by atoms with Gasteiger partial charge in [-0.3, -0.25) is 4.79 Å². The lowest BCUT2D eigenvalue weighted by Crippen LogP contribution is -2.41. The summed E-state index contributed by atoms with van der Waals surface area (Å²) >= 11 is 2.17. The molecule has 2 aromatic rings. The van der Waals surface area contributed by atoms with Crippen molar-refractivity contribution in [3.63, 3.8) is 0 Å². The first kappa shape index (κ1) is 14.0. The van der Waals surface area contributed by atoms with E-state index in [1.54, 1.807) is 13.0 Å². The van der Waals surface area contributed by atoms with Crippen molar-refractivity contribution in [1.82, 2.24) is 15.5 Å². The lowest BCUT2D eigenvalue weighted by molar-refractivity contribution is 0.0907. The van der Waals surface area contributed by atoms with Crippen LogP contribution in [-0.2, 0) is 5.54 Å². The molecule has 5 nitrogen and oxygen atoms in total. The highest BCUT2D eigenvalue weighted by atomic mass is 127. The first-order chi connectivity index (χ1) is 8.88. The zero-order chi connectivity index (χ0) is 14.0. The fraction of sp³-hybridized carbons (Fsp3) is 0.308. The van der Waals surface area contributed by atoms with Crippen LogP contribution in [0.1, 0.15) is 35.9 Å². The summed E-state index contributed by atoms with van der Waals surface area (Å²) in [5, 5.41) is 6.75. The minimum absolute atomic E-state index is 0.161. The molecule has 19 heavy (non-hydrogen) atoms. The van der Waals surface area contributed by atoms with Crippen LogP contribution < -0.4 is 5.32 Å². The largest absolute Gasteiger partial charge is 0.340 e. The topological polar surface area (TPSA) is 68.0 Å². The molecule has 2 rings (SSSR count). The number of aryl methyl sites for hydroxylation is 1. The fourth-order valence-corrected chi connectivity index (χ4v) is 2.14. The summed E-state index contributed by atoms with van der Waals surface area (Å²) in [7, 11) is 0. The van der Waals surface area contributed by atoms with E-state index in [0.717, 1.165) is 3.57 Å². The van der Waals surface area contributed by atoms with Gasteiger partial charge >= 0.3 is 0 Å². The van der Waals surface area contributed by atoms with Gasteiger partial charge in [0.1, 0.15) is 0 Å². The van der Waals surface area contributed by atoms with Crippen LogP contribution in [0.4, 0.5) is 0 Å². The van der Waals surface area contributed by atoms with E-state index in [1.807, 2.05) is 32.0 Å². The molecule has 0 spiro atoms. The minimum atomic E-state index is -0.684. The number of hydrogen-bond donors (Lipinski definition) is 1. The molecule has 0 fully saturated rings. The Morgan fingerprint density at radius 3 is 2.74 bits per heavy atom. The molecule has 100 valence electrons. The SMILES string of the molecule is Cc1nc(C(C)(C)NC(=O)c2cccc(I)c2)no1. The monoisotopic (exact) mass is 371 g/mol. The Morgan fingerprint density at radius 1 is 1.42 bits per heavy atom. The van der Waals surface area contributed by atoms with Crippen LogP contribution in [0.15, 0.2) is 28.8 Å². The highest BCUT2D eigenvalue weighted by molar-refractivity contribution is 14.1. The maximum atomic E-state index is 12.2. The second kappa shape index (κ2) is 5.28. The molecule has 0 aliphatic rings. The van der Waals surface area contributed by atoms with Gasteiger partial charge in [0.15, 0.2) is 5.82 Å². The number of aromatic nitrogens is 2. The van der Waals surface area contributed by atoms with Crippen molar-refractivity contribution in [2.45, 2.75) is 26.3 Å². The lowest BCUT2D eigenvalue weighted by atomic mass is 10.0. The summed E-state index contributed by atoms with van der Waals surface area (Å²) in [6.45, 7) is 5.39. The van der Waals surface area contributed by atoms with Gasteiger partial charge in [0.05, 0.1) is 5.54 Å². The molecule has 0 aliphatic heterocycles. The zero-order valence-electron chi connectivity index (χ0n) is 10.9. The number of rotatable bonds is 3. The third-order valence-electron chi connectivity index (χ3n) is 2.60. The standard InChI is InChI=1S/C13H14IN3O2/c1-8-15-12(17-19-8)13(2,3)16-11(18)9-5-4-6-10(14)7-9/h4-7H,1-3H3,(H,16,18). The van der Waals surface area contributed by atoms with Crippen LogP contribution in [0.2, 0.25) is 0 Å². The van der Waals surface area contributed by atoms with Gasteiger partial charge in [-0.1, -0.05) is 11.2 Å². The van der Waals surface area contributed by atoms with Crippen molar-refractivity contribution in [3.8, 4) is 0 Å². The maximum Gasteiger partial charge on any atom is 0.252 e. The van der Waals surface area contributed by atoms with Gasteiger partial charge in [0.2, 0.25) is 5.89 Å². The number of nitrogens with zero attached hydrogens (tertiary/aromatic N) is 2. The number of amides is 1. The summed E-state index contributed by atoms with van der Waals surface area (Å²) in [5.41, 5.74) is -0.0731. The van der Waals surface area contributed by atoms with Crippen LogP contribution in [0.5, 0.6) is 0 Å². The summed E-state index contributed by atoms with van der Waals surface area (Å²) in [4.78, 5) is 16.3. The molecular formula is C13H14IN3O2. The maximum absolute atomic E-state index is 12.2. The van der Waals surface area contributed by atoms with E-state index >= 15 is 0 Å². The highest BCUT2D eigenvalue weighted by Crippen LogP contribution is 2.18. The molecule has 0 radical (unpaired) electrons. The number of benzene rings is 1. The van der Waals surface area contributed by atoms with Crippen LogP contribution in [-0.4, -0.2) is 16.0 Å². The first-order valence-electron chi connectivity index (χ1n) is 5.77. The average molecular weight is 371 g/mol. The van der Waals surface area contributed by atoms with Crippen LogP contribution in [0.25, 0.3) is 0 Å². The zero-order valence-corrected chi connectivity index (χ0v) is 13.1. The third-order valence-corrected chi connectivity index (χ3v) is 3.27. The average Bonchev–Trinajstić information content (AvgIpc) is 2.76. The summed E-state index contributed by atoms with van der Waals surface area (Å²) < 4.78 is 5.96. The van der Waals surface area contributed by atoms with Crippen LogP contribution in [0.3, 0.4) is 0 Å². The van der Waals surface area contributed by atoms with Gasteiger partial charge < -0.3 is 9.84 Å². The Kier molecular flexibility index (Phi) is 3.88. The van der Waals surface area contributed by atoms with E-state index in [-0.39, 0.29) is 5.91 Å². The number of halogens is 1. The molecule has 1 amide bonds. The molecule has 0 bridgehead atoms. The Labute approximate surface area is 124 Å². The van der Waals surface area contributed by atoms with E-state index in [2.05, 4.69) is 38.0 Å². The van der Waals surface area contributed by atoms with Crippen molar-refractivity contribution in [2.24, 2.45) is 0 Å². The Bertz CT molecular complexity index is 607. The van der Waals surface area contributed by atoms with Gasteiger partial charge in [-0.25, -0.2) is 0 Å². The number of hydrogen-bond acceptors (Lipinski definition) is 4. The summed E-state index contributed by atoms with van der Waals surface area (Å²) in [6, 6.07) is 7.38. The van der Waals surface area contributed by atoms with Crippen molar-refractivity contribution in [3.05, 3.63) is 45.1 Å². The van der Waals surface area contributed by atoms with Gasteiger partial charge in [0, 0.05) is 16.1 Å². The smallest absolute Gasteiger partial charge is 0.252 e. The summed E-state index contributed by atoms with van der Waals surface area (Å²) in [5.74, 6) is 0.779. The molecule has 0 saturated carbocycles. The first-order valence-corrected chi connectivity index (χ1v) is 6.85. The molecule has 6 heteroatoms. The van der Waals surface area contributed by atoms with Crippen molar-refractivity contribution < 1.29 is 9.32 Å². The van der Waals surface area contributed by atoms with E-state index < -0.39 is 5.54 Å². The number of nitrogens with one attached hydrogen (secondary N) is 1. The van der Waals surface area contributed by atoms with Gasteiger partial charge in [-0.15, -0.1) is 0 Å². The Morgan fingerprint density at radius 2 is 2.16 bits per heavy atom. The van der Waals surface area contributed by atoms with Crippen molar-refractivity contribution in [2.75, 3.05) is 0 Å². The minimum Gasteiger partial charge on any atom is -0.340 e. The molecule has 0 atom stereocenters. The van der Waals surface area contributed by atoms with Gasteiger partial charge in [0.25, 0.3) is 5.91 Å². The van der Waals surface area contributed by atoms with Crippen LogP contribution in [0, 0.1) is 10.5 Å². The predicted octanol–water partition coefficient (Wildman–Crippen LogP) is 2.65. The Balaban J connectivity index is 2.18. The van der Waals surface area contributed by atoms with Crippen LogP contribution >= 0.6 is 22.6 Å². The molecule has 0 aliphatic carbocycles. The fourth-order valence-electron chi connectivity index (χ4n) is 1.59. The normalized spacial score (nSPS) is 11.4. The number of carbonyl (C=O) groups is 1. The van der Waals surface area contributed by atoms with Gasteiger partial charge in [-0.05, 0) is 54.6 Å². The molecule has 1 N–H and O–H groups in total. The van der Waals surface area contributed by atoms with E-state index in [4.69, 9.17) is 4.52 Å². The van der Waals surface area contributed by atoms with Gasteiger partial charge in [-0.2, -0.15) is 4.98 Å². The predicted molar refractivity (Wildman–Crippen MR) is 78.7 cm³/mol. The van der Waals surface area contributed by atoms with E-state index in [1.165, 1.54) is 0 Å². The van der Waals surface area contributed by atoms with Crippen molar-refractivity contribution >= 4 is 28.5 Å². The number of carbonyl (C=O) groups excluding carboxylic acids is 1. The van der Waals surface area contributed by atoms with Crippen molar-refractivity contribution in [1.29, 1.82) is 0 Å². The molecule has 0 saturated heterocycles.